The molecule has 0 saturated heterocycles. The van der Waals surface area contributed by atoms with Gasteiger partial charge in [0.1, 0.15) is 11.6 Å². The average Bonchev–Trinajstić information content (AvgIpc) is 2.62. The first-order valence-corrected chi connectivity index (χ1v) is 8.78. The Morgan fingerprint density at radius 2 is 1.73 bits per heavy atom. The van der Waals surface area contributed by atoms with Gasteiger partial charge >= 0.3 is 0 Å². The van der Waals surface area contributed by atoms with Gasteiger partial charge in [0.25, 0.3) is 0 Å². The van der Waals surface area contributed by atoms with Crippen molar-refractivity contribution in [2.24, 2.45) is 0 Å². The topological polar surface area (TPSA) is 59.1 Å². The number of hydrogen-bond donors (Lipinski definition) is 2. The van der Waals surface area contributed by atoms with E-state index in [4.69, 9.17) is 4.74 Å². The Morgan fingerprint density at radius 3 is 2.54 bits per heavy atom. The van der Waals surface area contributed by atoms with Gasteiger partial charge in [-0.1, -0.05) is 36.4 Å². The van der Waals surface area contributed by atoms with Crippen molar-refractivity contribution in [2.75, 3.05) is 17.2 Å². The predicted molar refractivity (Wildman–Crippen MR) is 106 cm³/mol. The van der Waals surface area contributed by atoms with Crippen LogP contribution in [0.25, 0.3) is 0 Å². The molecule has 2 N–H and O–H groups in total. The van der Waals surface area contributed by atoms with E-state index in [9.17, 15) is 0 Å². The average molecular weight is 348 g/mol. The number of nitrogens with one attached hydrogen (secondary N) is 2. The van der Waals surface area contributed by atoms with Crippen LogP contribution in [0.2, 0.25) is 0 Å². The quantitative estimate of drug-likeness (QED) is 0.639. The Kier molecular flexibility index (Phi) is 5.69. The van der Waals surface area contributed by atoms with Crippen molar-refractivity contribution in [1.29, 1.82) is 0 Å². The highest BCUT2D eigenvalue weighted by atomic mass is 16.5. The Morgan fingerprint density at radius 1 is 0.962 bits per heavy atom. The van der Waals surface area contributed by atoms with Gasteiger partial charge in [-0.25, -0.2) is 4.98 Å². The standard InChI is InChI=1S/C21H24N4O/c1-4-26-19-12-8-7-11-18(19)24-21-23-16(3)13-20(25-21)22-14-17-10-6-5-9-15(17)2/h5-13H,4,14H2,1-3H3,(H2,22,23,24,25). The van der Waals surface area contributed by atoms with Gasteiger partial charge in [-0.05, 0) is 44.0 Å². The largest absolute Gasteiger partial charge is 0.492 e. The molecule has 0 unspecified atom stereocenters. The number of aromatic nitrogens is 2. The van der Waals surface area contributed by atoms with Crippen LogP contribution < -0.4 is 15.4 Å². The molecule has 0 fully saturated rings. The molecule has 3 rings (SSSR count). The molecule has 0 spiro atoms. The van der Waals surface area contributed by atoms with E-state index in [1.165, 1.54) is 11.1 Å². The minimum atomic E-state index is 0.546. The summed E-state index contributed by atoms with van der Waals surface area (Å²) in [6.07, 6.45) is 0. The molecular formula is C21H24N4O. The van der Waals surface area contributed by atoms with Crippen LogP contribution in [0.3, 0.4) is 0 Å². The van der Waals surface area contributed by atoms with E-state index in [1.807, 2.05) is 56.3 Å². The smallest absolute Gasteiger partial charge is 0.229 e. The van der Waals surface area contributed by atoms with Gasteiger partial charge in [-0.15, -0.1) is 0 Å². The molecule has 5 nitrogen and oxygen atoms in total. The zero-order chi connectivity index (χ0) is 18.4. The first-order chi connectivity index (χ1) is 12.7. The zero-order valence-corrected chi connectivity index (χ0v) is 15.4. The van der Waals surface area contributed by atoms with Gasteiger partial charge in [0.05, 0.1) is 12.3 Å². The molecule has 0 aliphatic heterocycles. The minimum absolute atomic E-state index is 0.546. The monoisotopic (exact) mass is 348 g/mol. The summed E-state index contributed by atoms with van der Waals surface area (Å²) in [6.45, 7) is 7.36. The highest BCUT2D eigenvalue weighted by Crippen LogP contribution is 2.26. The second kappa shape index (κ2) is 8.34. The van der Waals surface area contributed by atoms with Crippen molar-refractivity contribution in [3.63, 3.8) is 0 Å². The van der Waals surface area contributed by atoms with E-state index >= 15 is 0 Å². The van der Waals surface area contributed by atoms with E-state index in [1.54, 1.807) is 0 Å². The molecule has 0 atom stereocenters. The molecule has 0 aliphatic carbocycles. The van der Waals surface area contributed by atoms with Crippen LogP contribution in [0, 0.1) is 13.8 Å². The summed E-state index contributed by atoms with van der Waals surface area (Å²) in [5.41, 5.74) is 4.25. The van der Waals surface area contributed by atoms with E-state index in [0.717, 1.165) is 29.5 Å². The Bertz CT molecular complexity index is 879. The third-order valence-electron chi connectivity index (χ3n) is 4.01. The summed E-state index contributed by atoms with van der Waals surface area (Å²) < 4.78 is 5.65. The molecule has 134 valence electrons. The zero-order valence-electron chi connectivity index (χ0n) is 15.4. The van der Waals surface area contributed by atoms with E-state index in [2.05, 4.69) is 39.7 Å². The highest BCUT2D eigenvalue weighted by Gasteiger charge is 2.07. The molecule has 5 heteroatoms. The number of aryl methyl sites for hydroxylation is 2. The fourth-order valence-corrected chi connectivity index (χ4v) is 2.68. The van der Waals surface area contributed by atoms with Crippen molar-refractivity contribution < 1.29 is 4.74 Å². The van der Waals surface area contributed by atoms with Gasteiger partial charge in [0, 0.05) is 18.3 Å². The summed E-state index contributed by atoms with van der Waals surface area (Å²) in [7, 11) is 0. The Balaban J connectivity index is 1.77. The van der Waals surface area contributed by atoms with Crippen LogP contribution in [-0.4, -0.2) is 16.6 Å². The van der Waals surface area contributed by atoms with E-state index in [-0.39, 0.29) is 0 Å². The molecule has 26 heavy (non-hydrogen) atoms. The van der Waals surface area contributed by atoms with Crippen molar-refractivity contribution in [2.45, 2.75) is 27.3 Å². The SMILES string of the molecule is CCOc1ccccc1Nc1nc(C)cc(NCc2ccccc2C)n1. The van der Waals surface area contributed by atoms with Gasteiger partial charge < -0.3 is 15.4 Å². The fraction of sp³-hybridized carbons (Fsp3) is 0.238. The lowest BCUT2D eigenvalue weighted by Crippen LogP contribution is -2.07. The van der Waals surface area contributed by atoms with Gasteiger partial charge in [-0.3, -0.25) is 0 Å². The van der Waals surface area contributed by atoms with Crippen molar-refractivity contribution >= 4 is 17.5 Å². The number of para-hydroxylation sites is 2. The molecule has 0 saturated carbocycles. The molecule has 0 radical (unpaired) electrons. The molecule has 0 aliphatic rings. The lowest BCUT2D eigenvalue weighted by molar-refractivity contribution is 0.342. The third kappa shape index (κ3) is 4.51. The maximum Gasteiger partial charge on any atom is 0.229 e. The number of anilines is 3. The van der Waals surface area contributed by atoms with Crippen molar-refractivity contribution in [3.05, 3.63) is 71.4 Å². The van der Waals surface area contributed by atoms with Gasteiger partial charge in [0.2, 0.25) is 5.95 Å². The first kappa shape index (κ1) is 17.7. The lowest BCUT2D eigenvalue weighted by atomic mass is 10.1. The third-order valence-corrected chi connectivity index (χ3v) is 4.01. The minimum Gasteiger partial charge on any atom is -0.492 e. The molecule has 2 aromatic carbocycles. The molecule has 1 aromatic heterocycles. The molecule has 0 amide bonds. The van der Waals surface area contributed by atoms with Crippen LogP contribution in [-0.2, 0) is 6.54 Å². The maximum absolute atomic E-state index is 5.65. The molecule has 1 heterocycles. The van der Waals surface area contributed by atoms with Crippen LogP contribution in [0.15, 0.2) is 54.6 Å². The predicted octanol–water partition coefficient (Wildman–Crippen LogP) is 4.85. The molecule has 0 bridgehead atoms. The highest BCUT2D eigenvalue weighted by molar-refractivity contribution is 5.63. The summed E-state index contributed by atoms with van der Waals surface area (Å²) in [5, 5.41) is 6.65. The van der Waals surface area contributed by atoms with Crippen LogP contribution in [0.1, 0.15) is 23.7 Å². The summed E-state index contributed by atoms with van der Waals surface area (Å²) in [6, 6.07) is 18.1. The molecular weight excluding hydrogens is 324 g/mol. The number of rotatable bonds is 7. The second-order valence-electron chi connectivity index (χ2n) is 6.05. The van der Waals surface area contributed by atoms with Crippen molar-refractivity contribution in [1.82, 2.24) is 9.97 Å². The van der Waals surface area contributed by atoms with Gasteiger partial charge in [-0.2, -0.15) is 4.98 Å². The number of hydrogen-bond acceptors (Lipinski definition) is 5. The second-order valence-corrected chi connectivity index (χ2v) is 6.05. The Hall–Kier alpha value is -3.08. The van der Waals surface area contributed by atoms with Crippen LogP contribution in [0.4, 0.5) is 17.5 Å². The summed E-state index contributed by atoms with van der Waals surface area (Å²) in [4.78, 5) is 9.07. The summed E-state index contributed by atoms with van der Waals surface area (Å²) in [5.74, 6) is 2.12. The maximum atomic E-state index is 5.65. The molecule has 3 aromatic rings. The number of ether oxygens (including phenoxy) is 1. The van der Waals surface area contributed by atoms with Gasteiger partial charge in [0.15, 0.2) is 0 Å². The normalized spacial score (nSPS) is 10.4. The lowest BCUT2D eigenvalue weighted by Gasteiger charge is -2.13. The fourth-order valence-electron chi connectivity index (χ4n) is 2.68. The first-order valence-electron chi connectivity index (χ1n) is 8.78. The summed E-state index contributed by atoms with van der Waals surface area (Å²) >= 11 is 0. The number of benzene rings is 2. The van der Waals surface area contributed by atoms with E-state index in [0.29, 0.717) is 12.6 Å². The Labute approximate surface area is 154 Å². The van der Waals surface area contributed by atoms with Crippen molar-refractivity contribution in [3.8, 4) is 5.75 Å². The van der Waals surface area contributed by atoms with Crippen LogP contribution >= 0.6 is 0 Å². The van der Waals surface area contributed by atoms with Crippen LogP contribution in [0.5, 0.6) is 5.75 Å². The van der Waals surface area contributed by atoms with E-state index < -0.39 is 0 Å². The number of nitrogens with zero attached hydrogens (tertiary/aromatic N) is 2.